The number of nitriles is 1. The predicted molar refractivity (Wildman–Crippen MR) is 112 cm³/mol. The first-order valence-corrected chi connectivity index (χ1v) is 10.2. The van der Waals surface area contributed by atoms with E-state index in [0.717, 1.165) is 4.88 Å². The third-order valence-electron chi connectivity index (χ3n) is 4.93. The highest BCUT2D eigenvalue weighted by Gasteiger charge is 2.27. The maximum atomic E-state index is 12.5. The standard InChI is InChI=1S/C21H20N4O4S/c1-27-16-6-5-14(12-17(16)28-2)19-23-15(13-22)21(29-19)25-9-7-24(8-10-25)20(26)18-4-3-11-30-18/h3-6,11-12H,7-10H2,1-2H3. The number of thiophene rings is 1. The van der Waals surface area contributed by atoms with Crippen molar-refractivity contribution >= 4 is 23.1 Å². The summed E-state index contributed by atoms with van der Waals surface area (Å²) < 4.78 is 16.6. The van der Waals surface area contributed by atoms with E-state index in [1.165, 1.54) is 11.3 Å². The first kappa shape index (κ1) is 19.8. The molecule has 0 saturated carbocycles. The van der Waals surface area contributed by atoms with Crippen LogP contribution < -0.4 is 14.4 Å². The Morgan fingerprint density at radius 1 is 1.17 bits per heavy atom. The Kier molecular flexibility index (Phi) is 5.59. The number of hydrogen-bond donors (Lipinski definition) is 0. The second-order valence-corrected chi connectivity index (χ2v) is 7.56. The maximum absolute atomic E-state index is 12.5. The van der Waals surface area contributed by atoms with E-state index in [9.17, 15) is 10.1 Å². The molecule has 9 heteroatoms. The first-order chi connectivity index (χ1) is 14.6. The Hall–Kier alpha value is -3.51. The van der Waals surface area contributed by atoms with Gasteiger partial charge in [0.15, 0.2) is 11.5 Å². The molecule has 0 spiro atoms. The van der Waals surface area contributed by atoms with Gasteiger partial charge >= 0.3 is 0 Å². The molecule has 30 heavy (non-hydrogen) atoms. The van der Waals surface area contributed by atoms with Crippen molar-refractivity contribution in [2.75, 3.05) is 45.3 Å². The molecule has 0 aliphatic carbocycles. The average molecular weight is 424 g/mol. The van der Waals surface area contributed by atoms with Crippen molar-refractivity contribution in [2.45, 2.75) is 0 Å². The number of piperazine rings is 1. The Balaban J connectivity index is 1.53. The normalized spacial score (nSPS) is 13.8. The first-order valence-electron chi connectivity index (χ1n) is 9.35. The third kappa shape index (κ3) is 3.69. The summed E-state index contributed by atoms with van der Waals surface area (Å²) in [7, 11) is 3.12. The summed E-state index contributed by atoms with van der Waals surface area (Å²) in [6.07, 6.45) is 0. The van der Waals surface area contributed by atoms with Crippen LogP contribution >= 0.6 is 11.3 Å². The van der Waals surface area contributed by atoms with Crippen LogP contribution in [0.2, 0.25) is 0 Å². The fraction of sp³-hybridized carbons (Fsp3) is 0.286. The Bertz CT molecular complexity index is 1080. The number of rotatable bonds is 5. The molecular weight excluding hydrogens is 404 g/mol. The summed E-state index contributed by atoms with van der Waals surface area (Å²) in [5, 5.41) is 11.4. The Morgan fingerprint density at radius 2 is 1.93 bits per heavy atom. The zero-order valence-corrected chi connectivity index (χ0v) is 17.4. The molecule has 0 radical (unpaired) electrons. The summed E-state index contributed by atoms with van der Waals surface area (Å²) in [4.78, 5) is 21.4. The fourth-order valence-corrected chi connectivity index (χ4v) is 4.05. The summed E-state index contributed by atoms with van der Waals surface area (Å²) in [5.74, 6) is 1.94. The average Bonchev–Trinajstić information content (AvgIpc) is 3.48. The topological polar surface area (TPSA) is 91.8 Å². The van der Waals surface area contributed by atoms with E-state index in [2.05, 4.69) is 11.1 Å². The van der Waals surface area contributed by atoms with Gasteiger partial charge in [0.05, 0.1) is 19.1 Å². The van der Waals surface area contributed by atoms with Crippen LogP contribution in [0.25, 0.3) is 11.5 Å². The Morgan fingerprint density at radius 3 is 2.57 bits per heavy atom. The molecule has 1 aliphatic heterocycles. The molecule has 8 nitrogen and oxygen atoms in total. The number of carbonyl (C=O) groups excluding carboxylic acids is 1. The van der Waals surface area contributed by atoms with Gasteiger partial charge in [0.2, 0.25) is 17.5 Å². The van der Waals surface area contributed by atoms with Gasteiger partial charge in [-0.1, -0.05) is 6.07 Å². The molecule has 0 atom stereocenters. The zero-order chi connectivity index (χ0) is 21.1. The minimum Gasteiger partial charge on any atom is -0.493 e. The van der Waals surface area contributed by atoms with Gasteiger partial charge in [-0.25, -0.2) is 0 Å². The lowest BCUT2D eigenvalue weighted by Gasteiger charge is -2.34. The number of hydrogen-bond acceptors (Lipinski definition) is 8. The minimum absolute atomic E-state index is 0.0359. The van der Waals surface area contributed by atoms with Gasteiger partial charge in [0.25, 0.3) is 5.91 Å². The second kappa shape index (κ2) is 8.47. The molecular formula is C21H20N4O4S. The van der Waals surface area contributed by atoms with Crippen LogP contribution in [-0.4, -0.2) is 56.2 Å². The second-order valence-electron chi connectivity index (χ2n) is 6.61. The van der Waals surface area contributed by atoms with Crippen LogP contribution in [0.15, 0.2) is 40.1 Å². The molecule has 1 aliphatic rings. The Labute approximate surface area is 177 Å². The van der Waals surface area contributed by atoms with E-state index in [1.54, 1.807) is 32.4 Å². The van der Waals surface area contributed by atoms with Crippen molar-refractivity contribution < 1.29 is 18.7 Å². The molecule has 2 aromatic heterocycles. The van der Waals surface area contributed by atoms with E-state index in [0.29, 0.717) is 55.0 Å². The van der Waals surface area contributed by atoms with Crippen LogP contribution in [0.3, 0.4) is 0 Å². The lowest BCUT2D eigenvalue weighted by molar-refractivity contribution is 0.0750. The molecule has 1 aromatic carbocycles. The van der Waals surface area contributed by atoms with Gasteiger partial charge in [0.1, 0.15) is 6.07 Å². The number of nitrogens with zero attached hydrogens (tertiary/aromatic N) is 4. The van der Waals surface area contributed by atoms with E-state index >= 15 is 0 Å². The van der Waals surface area contributed by atoms with E-state index < -0.39 is 0 Å². The molecule has 154 valence electrons. The SMILES string of the molecule is COc1ccc(-c2nc(C#N)c(N3CCN(C(=O)c4cccs4)CC3)o2)cc1OC. The third-order valence-corrected chi connectivity index (χ3v) is 5.79. The summed E-state index contributed by atoms with van der Waals surface area (Å²) in [6, 6.07) is 11.1. The molecule has 1 amide bonds. The number of methoxy groups -OCH3 is 2. The lowest BCUT2D eigenvalue weighted by Crippen LogP contribution is -2.48. The lowest BCUT2D eigenvalue weighted by atomic mass is 10.2. The van der Waals surface area contributed by atoms with Crippen LogP contribution in [0, 0.1) is 11.3 Å². The molecule has 4 rings (SSSR count). The van der Waals surface area contributed by atoms with Gasteiger partial charge < -0.3 is 23.7 Å². The van der Waals surface area contributed by atoms with Gasteiger partial charge in [-0.2, -0.15) is 10.2 Å². The van der Waals surface area contributed by atoms with Gasteiger partial charge in [-0.3, -0.25) is 4.79 Å². The van der Waals surface area contributed by atoms with Crippen molar-refractivity contribution in [1.29, 1.82) is 5.26 Å². The van der Waals surface area contributed by atoms with E-state index in [4.69, 9.17) is 13.9 Å². The number of aromatic nitrogens is 1. The van der Waals surface area contributed by atoms with Crippen molar-refractivity contribution in [3.63, 3.8) is 0 Å². The highest BCUT2D eigenvalue weighted by molar-refractivity contribution is 7.12. The molecule has 1 fully saturated rings. The molecule has 3 heterocycles. The van der Waals surface area contributed by atoms with Crippen molar-refractivity contribution in [2.24, 2.45) is 0 Å². The number of anilines is 1. The van der Waals surface area contributed by atoms with Crippen molar-refractivity contribution in [3.8, 4) is 29.0 Å². The minimum atomic E-state index is 0.0359. The largest absolute Gasteiger partial charge is 0.493 e. The molecule has 0 N–H and O–H groups in total. The molecule has 3 aromatic rings. The predicted octanol–water partition coefficient (Wildman–Crippen LogP) is 3.25. The number of amides is 1. The fourth-order valence-electron chi connectivity index (χ4n) is 3.36. The van der Waals surface area contributed by atoms with E-state index in [1.807, 2.05) is 27.3 Å². The number of ether oxygens (including phenoxy) is 2. The zero-order valence-electron chi connectivity index (χ0n) is 16.6. The van der Waals surface area contributed by atoms with Crippen LogP contribution in [0.4, 0.5) is 5.88 Å². The summed E-state index contributed by atoms with van der Waals surface area (Å²) in [6.45, 7) is 2.22. The van der Waals surface area contributed by atoms with Gasteiger partial charge in [-0.15, -0.1) is 11.3 Å². The number of carbonyl (C=O) groups is 1. The van der Waals surface area contributed by atoms with Crippen molar-refractivity contribution in [1.82, 2.24) is 9.88 Å². The maximum Gasteiger partial charge on any atom is 0.264 e. The molecule has 0 unspecified atom stereocenters. The monoisotopic (exact) mass is 424 g/mol. The van der Waals surface area contributed by atoms with Crippen molar-refractivity contribution in [3.05, 3.63) is 46.3 Å². The summed E-state index contributed by atoms with van der Waals surface area (Å²) >= 11 is 1.44. The van der Waals surface area contributed by atoms with E-state index in [-0.39, 0.29) is 11.6 Å². The molecule has 1 saturated heterocycles. The van der Waals surface area contributed by atoms with Gasteiger partial charge in [0, 0.05) is 31.7 Å². The highest BCUT2D eigenvalue weighted by atomic mass is 32.1. The smallest absolute Gasteiger partial charge is 0.264 e. The summed E-state index contributed by atoms with van der Waals surface area (Å²) in [5.41, 5.74) is 0.903. The molecule has 0 bridgehead atoms. The van der Waals surface area contributed by atoms with Crippen LogP contribution in [0.1, 0.15) is 15.4 Å². The quantitative estimate of drug-likeness (QED) is 0.621. The van der Waals surface area contributed by atoms with Crippen LogP contribution in [0.5, 0.6) is 11.5 Å². The number of oxazole rings is 1. The number of benzene rings is 1. The van der Waals surface area contributed by atoms with Gasteiger partial charge in [-0.05, 0) is 29.6 Å². The van der Waals surface area contributed by atoms with Crippen LogP contribution in [-0.2, 0) is 0 Å². The highest BCUT2D eigenvalue weighted by Crippen LogP contribution is 2.34.